The minimum atomic E-state index is -0.243. The molecule has 1 saturated heterocycles. The van der Waals surface area contributed by atoms with Crippen molar-refractivity contribution in [1.82, 2.24) is 19.1 Å². The fraction of sp³-hybridized carbons (Fsp3) is 0.316. The molecule has 0 aliphatic carbocycles. The van der Waals surface area contributed by atoms with E-state index in [-0.39, 0.29) is 18.4 Å². The van der Waals surface area contributed by atoms with E-state index in [0.717, 1.165) is 5.65 Å². The number of amides is 2. The summed E-state index contributed by atoms with van der Waals surface area (Å²) in [5.41, 5.74) is 1.84. The number of morpholine rings is 1. The van der Waals surface area contributed by atoms with E-state index in [1.165, 1.54) is 0 Å². The summed E-state index contributed by atoms with van der Waals surface area (Å²) in [6, 6.07) is 6.91. The van der Waals surface area contributed by atoms with E-state index in [0.29, 0.717) is 43.3 Å². The van der Waals surface area contributed by atoms with Gasteiger partial charge in [0, 0.05) is 38.2 Å². The van der Waals surface area contributed by atoms with Gasteiger partial charge in [-0.15, -0.1) is 0 Å². The van der Waals surface area contributed by atoms with Crippen molar-refractivity contribution in [3.05, 3.63) is 48.4 Å². The molecule has 1 N–H and O–H groups in total. The molecule has 9 heteroatoms. The molecule has 3 heterocycles. The van der Waals surface area contributed by atoms with Crippen LogP contribution in [0.25, 0.3) is 5.65 Å². The largest absolute Gasteiger partial charge is 0.484 e. The molecule has 0 atom stereocenters. The number of fused-ring (bicyclic) bond motifs is 1. The predicted molar refractivity (Wildman–Crippen MR) is 101 cm³/mol. The third-order valence-electron chi connectivity index (χ3n) is 4.62. The highest BCUT2D eigenvalue weighted by Gasteiger charge is 2.17. The monoisotopic (exact) mass is 383 g/mol. The predicted octanol–water partition coefficient (Wildman–Crippen LogP) is 1.16. The van der Waals surface area contributed by atoms with Gasteiger partial charge < -0.3 is 24.3 Å². The first kappa shape index (κ1) is 18.1. The third-order valence-corrected chi connectivity index (χ3v) is 4.62. The lowest BCUT2D eigenvalue weighted by molar-refractivity contribution is -0.137. The Bertz CT molecular complexity index is 986. The number of nitrogens with zero attached hydrogens (tertiary/aromatic N) is 4. The second kappa shape index (κ2) is 7.73. The highest BCUT2D eigenvalue weighted by atomic mass is 16.5. The van der Waals surface area contributed by atoms with Crippen LogP contribution in [0.3, 0.4) is 0 Å². The van der Waals surface area contributed by atoms with Gasteiger partial charge in [0.25, 0.3) is 11.8 Å². The Kier molecular flexibility index (Phi) is 4.98. The van der Waals surface area contributed by atoms with Crippen molar-refractivity contribution in [3.8, 4) is 5.75 Å². The Morgan fingerprint density at radius 1 is 1.18 bits per heavy atom. The van der Waals surface area contributed by atoms with Gasteiger partial charge >= 0.3 is 0 Å². The van der Waals surface area contributed by atoms with Crippen molar-refractivity contribution in [2.24, 2.45) is 7.05 Å². The second-order valence-electron chi connectivity index (χ2n) is 6.50. The zero-order valence-corrected chi connectivity index (χ0v) is 15.5. The maximum absolute atomic E-state index is 12.5. The Balaban J connectivity index is 1.34. The highest BCUT2D eigenvalue weighted by Crippen LogP contribution is 2.18. The van der Waals surface area contributed by atoms with Gasteiger partial charge in [0.05, 0.1) is 19.4 Å². The summed E-state index contributed by atoms with van der Waals surface area (Å²) in [4.78, 5) is 26.4. The van der Waals surface area contributed by atoms with Gasteiger partial charge in [-0.2, -0.15) is 5.10 Å². The van der Waals surface area contributed by atoms with Crippen molar-refractivity contribution in [3.63, 3.8) is 0 Å². The smallest absolute Gasteiger partial charge is 0.261 e. The number of ether oxygens (including phenoxy) is 2. The number of imidazole rings is 1. The average Bonchev–Trinajstić information content (AvgIpc) is 3.31. The Morgan fingerprint density at radius 3 is 2.68 bits per heavy atom. The van der Waals surface area contributed by atoms with Crippen molar-refractivity contribution in [1.29, 1.82) is 0 Å². The van der Waals surface area contributed by atoms with E-state index in [2.05, 4.69) is 10.4 Å². The molecule has 3 aromatic rings. The van der Waals surface area contributed by atoms with Gasteiger partial charge in [-0.3, -0.25) is 9.59 Å². The number of carbonyl (C=O) groups is 2. The molecule has 0 unspecified atom stereocenters. The van der Waals surface area contributed by atoms with Crippen LogP contribution in [0.15, 0.2) is 42.9 Å². The van der Waals surface area contributed by atoms with E-state index in [9.17, 15) is 9.59 Å². The molecule has 2 aromatic heterocycles. The molecule has 28 heavy (non-hydrogen) atoms. The summed E-state index contributed by atoms with van der Waals surface area (Å²) < 4.78 is 14.3. The molecule has 2 amide bonds. The number of nitrogens with one attached hydrogen (secondary N) is 1. The molecule has 1 aliphatic rings. The molecule has 4 rings (SSSR count). The number of carbonyl (C=O) groups excluding carboxylic acids is 2. The Hall–Kier alpha value is -3.33. The molecule has 0 bridgehead atoms. The van der Waals surface area contributed by atoms with Crippen LogP contribution in [0, 0.1) is 0 Å². The van der Waals surface area contributed by atoms with Crippen LogP contribution in [0.5, 0.6) is 5.75 Å². The summed E-state index contributed by atoms with van der Waals surface area (Å²) in [5, 5.41) is 7.01. The summed E-state index contributed by atoms with van der Waals surface area (Å²) >= 11 is 0. The number of aryl methyl sites for hydroxylation is 1. The Morgan fingerprint density at radius 2 is 1.93 bits per heavy atom. The van der Waals surface area contributed by atoms with Crippen LogP contribution in [0.2, 0.25) is 0 Å². The fourth-order valence-corrected chi connectivity index (χ4v) is 3.09. The first-order chi connectivity index (χ1) is 13.6. The van der Waals surface area contributed by atoms with E-state index in [4.69, 9.17) is 9.47 Å². The lowest BCUT2D eigenvalue weighted by Crippen LogP contribution is -2.42. The van der Waals surface area contributed by atoms with E-state index >= 15 is 0 Å². The number of aromatic nitrogens is 3. The van der Waals surface area contributed by atoms with Crippen LogP contribution in [0.4, 0.5) is 5.69 Å². The lowest BCUT2D eigenvalue weighted by atomic mass is 10.2. The molecular weight excluding hydrogens is 362 g/mol. The highest BCUT2D eigenvalue weighted by molar-refractivity contribution is 6.08. The second-order valence-corrected chi connectivity index (χ2v) is 6.50. The summed E-state index contributed by atoms with van der Waals surface area (Å²) in [5.74, 6) is 0.261. The van der Waals surface area contributed by atoms with Crippen molar-refractivity contribution >= 4 is 23.1 Å². The van der Waals surface area contributed by atoms with Crippen molar-refractivity contribution in [2.75, 3.05) is 38.2 Å². The molecule has 0 spiro atoms. The minimum absolute atomic E-state index is 0.0203. The van der Waals surface area contributed by atoms with E-state index < -0.39 is 0 Å². The van der Waals surface area contributed by atoms with E-state index in [1.54, 1.807) is 46.1 Å². The molecule has 0 radical (unpaired) electrons. The molecule has 9 nitrogen and oxygen atoms in total. The number of rotatable bonds is 5. The quantitative estimate of drug-likeness (QED) is 0.714. The molecule has 146 valence electrons. The minimum Gasteiger partial charge on any atom is -0.484 e. The zero-order chi connectivity index (χ0) is 19.5. The van der Waals surface area contributed by atoms with Crippen LogP contribution in [-0.2, 0) is 16.6 Å². The Labute approximate surface area is 161 Å². The lowest BCUT2D eigenvalue weighted by Gasteiger charge is -2.26. The molecule has 1 fully saturated rings. The number of anilines is 1. The topological polar surface area (TPSA) is 90.1 Å². The summed E-state index contributed by atoms with van der Waals surface area (Å²) in [6.45, 7) is 2.29. The third kappa shape index (κ3) is 3.70. The van der Waals surface area contributed by atoms with Crippen LogP contribution in [-0.4, -0.2) is 63.8 Å². The maximum Gasteiger partial charge on any atom is 0.261 e. The van der Waals surface area contributed by atoms with Crippen LogP contribution < -0.4 is 10.1 Å². The van der Waals surface area contributed by atoms with E-state index in [1.807, 2.05) is 17.8 Å². The van der Waals surface area contributed by atoms with Gasteiger partial charge in [-0.25, -0.2) is 4.52 Å². The van der Waals surface area contributed by atoms with Crippen LogP contribution >= 0.6 is 0 Å². The summed E-state index contributed by atoms with van der Waals surface area (Å²) in [7, 11) is 1.86. The average molecular weight is 383 g/mol. The summed E-state index contributed by atoms with van der Waals surface area (Å²) in [6.07, 6.45) is 5.17. The maximum atomic E-state index is 12.5. The fourth-order valence-electron chi connectivity index (χ4n) is 3.09. The van der Waals surface area contributed by atoms with Gasteiger partial charge in [0.15, 0.2) is 6.61 Å². The van der Waals surface area contributed by atoms with Crippen molar-refractivity contribution in [2.45, 2.75) is 0 Å². The van der Waals surface area contributed by atoms with Crippen molar-refractivity contribution < 1.29 is 19.1 Å². The first-order valence-electron chi connectivity index (χ1n) is 9.00. The number of benzene rings is 1. The zero-order valence-electron chi connectivity index (χ0n) is 15.5. The number of hydrogen-bond acceptors (Lipinski definition) is 5. The van der Waals surface area contributed by atoms with Gasteiger partial charge in [0.1, 0.15) is 17.0 Å². The van der Waals surface area contributed by atoms with Gasteiger partial charge in [0.2, 0.25) is 0 Å². The normalized spacial score (nSPS) is 14.2. The van der Waals surface area contributed by atoms with Gasteiger partial charge in [-0.05, 0) is 24.3 Å². The number of hydrogen-bond donors (Lipinski definition) is 1. The molecule has 0 saturated carbocycles. The SMILES string of the molecule is Cn1ccn2ncc(C(=O)Nc3ccc(OCC(=O)N4CCOCC4)cc3)c12. The van der Waals surface area contributed by atoms with Gasteiger partial charge in [-0.1, -0.05) is 0 Å². The molecule has 1 aromatic carbocycles. The molecule has 1 aliphatic heterocycles. The standard InChI is InChI=1S/C19H21N5O4/c1-22-6-7-24-19(22)16(12-20-24)18(26)21-14-2-4-15(5-3-14)28-13-17(25)23-8-10-27-11-9-23/h2-7,12H,8-11,13H2,1H3,(H,21,26). The first-order valence-corrected chi connectivity index (χ1v) is 9.00. The van der Waals surface area contributed by atoms with Crippen LogP contribution in [0.1, 0.15) is 10.4 Å². The molecular formula is C19H21N5O4.